The number of benzene rings is 1. The number of nitrogens with zero attached hydrogens (tertiary/aromatic N) is 2. The molecule has 0 saturated heterocycles. The molecule has 0 saturated carbocycles. The summed E-state index contributed by atoms with van der Waals surface area (Å²) in [6.45, 7) is 3.92. The SMILES string of the molecule is Cc1nc2c(NC(=O)Cc3ccc(F)cc3)cccn2c1C. The Morgan fingerprint density at radius 2 is 1.95 bits per heavy atom. The van der Waals surface area contributed by atoms with Gasteiger partial charge in [0.1, 0.15) is 5.82 Å². The molecule has 3 rings (SSSR count). The Labute approximate surface area is 127 Å². The van der Waals surface area contributed by atoms with Crippen molar-refractivity contribution in [3.05, 3.63) is 65.4 Å². The molecule has 0 aliphatic rings. The van der Waals surface area contributed by atoms with Crippen molar-refractivity contribution in [2.45, 2.75) is 20.3 Å². The Morgan fingerprint density at radius 3 is 2.68 bits per heavy atom. The first kappa shape index (κ1) is 14.3. The van der Waals surface area contributed by atoms with Crippen LogP contribution in [0.25, 0.3) is 5.65 Å². The van der Waals surface area contributed by atoms with Crippen molar-refractivity contribution in [3.63, 3.8) is 0 Å². The number of aromatic nitrogens is 2. The number of anilines is 1. The minimum Gasteiger partial charge on any atom is -0.323 e. The van der Waals surface area contributed by atoms with E-state index in [0.717, 1.165) is 22.6 Å². The molecule has 22 heavy (non-hydrogen) atoms. The van der Waals surface area contributed by atoms with Gasteiger partial charge in [-0.1, -0.05) is 12.1 Å². The van der Waals surface area contributed by atoms with Crippen molar-refractivity contribution in [2.75, 3.05) is 5.32 Å². The third-order valence-corrected chi connectivity index (χ3v) is 3.68. The summed E-state index contributed by atoms with van der Waals surface area (Å²) in [6, 6.07) is 9.62. The van der Waals surface area contributed by atoms with E-state index in [0.29, 0.717) is 5.69 Å². The number of carbonyl (C=O) groups excluding carboxylic acids is 1. The lowest BCUT2D eigenvalue weighted by molar-refractivity contribution is -0.115. The molecule has 2 aromatic heterocycles. The molecular formula is C17H16FN3O. The predicted octanol–water partition coefficient (Wildman–Crippen LogP) is 3.27. The van der Waals surface area contributed by atoms with Crippen LogP contribution in [0.1, 0.15) is 17.0 Å². The Kier molecular flexibility index (Phi) is 3.63. The maximum absolute atomic E-state index is 12.9. The van der Waals surface area contributed by atoms with Crippen LogP contribution in [0.15, 0.2) is 42.6 Å². The smallest absolute Gasteiger partial charge is 0.228 e. The van der Waals surface area contributed by atoms with Crippen LogP contribution >= 0.6 is 0 Å². The molecule has 4 nitrogen and oxygen atoms in total. The minimum atomic E-state index is -0.308. The number of imidazole rings is 1. The van der Waals surface area contributed by atoms with Crippen LogP contribution in [0.5, 0.6) is 0 Å². The highest BCUT2D eigenvalue weighted by molar-refractivity contribution is 5.95. The molecule has 0 spiro atoms. The summed E-state index contributed by atoms with van der Waals surface area (Å²) < 4.78 is 14.8. The predicted molar refractivity (Wildman–Crippen MR) is 83.4 cm³/mol. The monoisotopic (exact) mass is 297 g/mol. The maximum atomic E-state index is 12.9. The summed E-state index contributed by atoms with van der Waals surface area (Å²) in [7, 11) is 0. The number of nitrogens with one attached hydrogen (secondary N) is 1. The van der Waals surface area contributed by atoms with Gasteiger partial charge in [-0.25, -0.2) is 9.37 Å². The standard InChI is InChI=1S/C17H16FN3O/c1-11-12(2)21-9-3-4-15(17(21)19-11)20-16(22)10-13-5-7-14(18)8-6-13/h3-9H,10H2,1-2H3,(H,20,22). The number of fused-ring (bicyclic) bond motifs is 1. The van der Waals surface area contributed by atoms with Crippen LogP contribution in [0.3, 0.4) is 0 Å². The third kappa shape index (κ3) is 2.70. The molecule has 112 valence electrons. The van der Waals surface area contributed by atoms with Gasteiger partial charge in [-0.2, -0.15) is 0 Å². The van der Waals surface area contributed by atoms with Gasteiger partial charge >= 0.3 is 0 Å². The van der Waals surface area contributed by atoms with Gasteiger partial charge in [-0.3, -0.25) is 4.79 Å². The molecule has 1 N–H and O–H groups in total. The van der Waals surface area contributed by atoms with E-state index >= 15 is 0 Å². The molecule has 2 heterocycles. The van der Waals surface area contributed by atoms with E-state index in [4.69, 9.17) is 0 Å². The van der Waals surface area contributed by atoms with Crippen molar-refractivity contribution in [1.82, 2.24) is 9.38 Å². The number of hydrogen-bond donors (Lipinski definition) is 1. The van der Waals surface area contributed by atoms with Gasteiger partial charge in [0.25, 0.3) is 0 Å². The Hall–Kier alpha value is -2.69. The largest absolute Gasteiger partial charge is 0.323 e. The molecule has 3 aromatic rings. The summed E-state index contributed by atoms with van der Waals surface area (Å²) in [5.74, 6) is -0.463. The Bertz CT molecular complexity index is 837. The zero-order valence-corrected chi connectivity index (χ0v) is 12.4. The van der Waals surface area contributed by atoms with Gasteiger partial charge in [0.05, 0.1) is 17.8 Å². The fourth-order valence-electron chi connectivity index (χ4n) is 2.38. The summed E-state index contributed by atoms with van der Waals surface area (Å²) >= 11 is 0. The zero-order valence-electron chi connectivity index (χ0n) is 12.4. The second-order valence-corrected chi connectivity index (χ2v) is 5.25. The number of amides is 1. The fraction of sp³-hybridized carbons (Fsp3) is 0.176. The molecule has 0 unspecified atom stereocenters. The number of rotatable bonds is 3. The van der Waals surface area contributed by atoms with E-state index in [1.165, 1.54) is 12.1 Å². The van der Waals surface area contributed by atoms with Crippen LogP contribution in [0.4, 0.5) is 10.1 Å². The summed E-state index contributed by atoms with van der Waals surface area (Å²) in [6.07, 6.45) is 2.11. The third-order valence-electron chi connectivity index (χ3n) is 3.68. The molecule has 0 atom stereocenters. The molecule has 0 aliphatic heterocycles. The lowest BCUT2D eigenvalue weighted by Crippen LogP contribution is -2.15. The first-order valence-corrected chi connectivity index (χ1v) is 7.03. The Morgan fingerprint density at radius 1 is 1.23 bits per heavy atom. The quantitative estimate of drug-likeness (QED) is 0.806. The average Bonchev–Trinajstić information content (AvgIpc) is 2.78. The minimum absolute atomic E-state index is 0.155. The topological polar surface area (TPSA) is 46.4 Å². The van der Waals surface area contributed by atoms with Crippen LogP contribution in [-0.4, -0.2) is 15.3 Å². The molecule has 0 bridgehead atoms. The van der Waals surface area contributed by atoms with E-state index in [1.807, 2.05) is 36.6 Å². The van der Waals surface area contributed by atoms with Crippen molar-refractivity contribution in [2.24, 2.45) is 0 Å². The lowest BCUT2D eigenvalue weighted by Gasteiger charge is -2.07. The van der Waals surface area contributed by atoms with E-state index in [-0.39, 0.29) is 18.1 Å². The number of halogens is 1. The number of carbonyl (C=O) groups is 1. The van der Waals surface area contributed by atoms with E-state index in [2.05, 4.69) is 10.3 Å². The highest BCUT2D eigenvalue weighted by atomic mass is 19.1. The Balaban J connectivity index is 1.82. The van der Waals surface area contributed by atoms with Gasteiger partial charge < -0.3 is 9.72 Å². The van der Waals surface area contributed by atoms with Gasteiger partial charge in [-0.05, 0) is 43.7 Å². The second kappa shape index (κ2) is 5.60. The summed E-state index contributed by atoms with van der Waals surface area (Å²) in [4.78, 5) is 16.6. The lowest BCUT2D eigenvalue weighted by atomic mass is 10.1. The highest BCUT2D eigenvalue weighted by Crippen LogP contribution is 2.19. The first-order valence-electron chi connectivity index (χ1n) is 7.03. The zero-order chi connectivity index (χ0) is 15.7. The molecule has 0 aliphatic carbocycles. The summed E-state index contributed by atoms with van der Waals surface area (Å²) in [5.41, 5.74) is 4.14. The van der Waals surface area contributed by atoms with E-state index in [9.17, 15) is 9.18 Å². The van der Waals surface area contributed by atoms with Gasteiger partial charge in [0.15, 0.2) is 5.65 Å². The molecule has 5 heteroatoms. The normalized spacial score (nSPS) is 10.9. The van der Waals surface area contributed by atoms with Crippen molar-refractivity contribution in [3.8, 4) is 0 Å². The highest BCUT2D eigenvalue weighted by Gasteiger charge is 2.11. The molecular weight excluding hydrogens is 281 g/mol. The molecule has 0 fully saturated rings. The number of hydrogen-bond acceptors (Lipinski definition) is 2. The van der Waals surface area contributed by atoms with Crippen LogP contribution < -0.4 is 5.32 Å². The molecule has 1 amide bonds. The molecule has 1 aromatic carbocycles. The van der Waals surface area contributed by atoms with E-state index < -0.39 is 0 Å². The van der Waals surface area contributed by atoms with Gasteiger partial charge in [0, 0.05) is 11.9 Å². The average molecular weight is 297 g/mol. The van der Waals surface area contributed by atoms with Crippen molar-refractivity contribution < 1.29 is 9.18 Å². The van der Waals surface area contributed by atoms with Crippen LogP contribution in [0, 0.1) is 19.7 Å². The van der Waals surface area contributed by atoms with E-state index in [1.54, 1.807) is 12.1 Å². The molecule has 0 radical (unpaired) electrons. The van der Waals surface area contributed by atoms with Crippen LogP contribution in [0.2, 0.25) is 0 Å². The van der Waals surface area contributed by atoms with Crippen LogP contribution in [-0.2, 0) is 11.2 Å². The second-order valence-electron chi connectivity index (χ2n) is 5.25. The number of pyridine rings is 1. The fourth-order valence-corrected chi connectivity index (χ4v) is 2.38. The first-order chi connectivity index (χ1) is 10.5. The number of aryl methyl sites for hydroxylation is 2. The van der Waals surface area contributed by atoms with Crippen molar-refractivity contribution in [1.29, 1.82) is 0 Å². The van der Waals surface area contributed by atoms with Crippen molar-refractivity contribution >= 4 is 17.2 Å². The maximum Gasteiger partial charge on any atom is 0.228 e. The van der Waals surface area contributed by atoms with Gasteiger partial charge in [0.2, 0.25) is 5.91 Å². The summed E-state index contributed by atoms with van der Waals surface area (Å²) in [5, 5.41) is 2.87. The van der Waals surface area contributed by atoms with Gasteiger partial charge in [-0.15, -0.1) is 0 Å².